The summed E-state index contributed by atoms with van der Waals surface area (Å²) in [7, 11) is 0. The van der Waals surface area contributed by atoms with Crippen molar-refractivity contribution in [2.45, 2.75) is 19.4 Å². The Balaban J connectivity index is 2.30. The number of carbonyl (C=O) groups excluding carboxylic acids is 2. The van der Waals surface area contributed by atoms with Gasteiger partial charge < -0.3 is 10.3 Å². The summed E-state index contributed by atoms with van der Waals surface area (Å²) in [6.07, 6.45) is 5.05. The minimum absolute atomic E-state index is 0.254. The molecule has 0 saturated carbocycles. The molecule has 6 nitrogen and oxygen atoms in total. The highest BCUT2D eigenvalue weighted by Gasteiger charge is 2.26. The first-order valence-electron chi connectivity index (χ1n) is 7.29. The number of amides is 2. The summed E-state index contributed by atoms with van der Waals surface area (Å²) in [4.78, 5) is 28.3. The van der Waals surface area contributed by atoms with Crippen molar-refractivity contribution in [1.82, 2.24) is 15.2 Å². The van der Waals surface area contributed by atoms with Crippen molar-refractivity contribution in [2.75, 3.05) is 6.54 Å². The maximum absolute atomic E-state index is 12.5. The molecule has 0 spiro atoms. The number of carbonyl (C=O) groups is 2. The zero-order valence-electron chi connectivity index (χ0n) is 12.9. The Labute approximate surface area is 134 Å². The van der Waals surface area contributed by atoms with Crippen molar-refractivity contribution < 1.29 is 9.59 Å². The summed E-state index contributed by atoms with van der Waals surface area (Å²) >= 11 is 0. The summed E-state index contributed by atoms with van der Waals surface area (Å²) in [5, 5.41) is 12.6. The maximum atomic E-state index is 12.5. The highest BCUT2D eigenvalue weighted by Crippen LogP contribution is 2.19. The summed E-state index contributed by atoms with van der Waals surface area (Å²) in [5.41, 5.74) is 1.86. The summed E-state index contributed by atoms with van der Waals surface area (Å²) < 4.78 is 0. The van der Waals surface area contributed by atoms with Gasteiger partial charge in [-0.25, -0.2) is 4.90 Å². The van der Waals surface area contributed by atoms with E-state index in [-0.39, 0.29) is 6.54 Å². The molecule has 1 aromatic carbocycles. The van der Waals surface area contributed by atoms with E-state index in [1.54, 1.807) is 6.92 Å². The van der Waals surface area contributed by atoms with Crippen molar-refractivity contribution in [1.29, 1.82) is 5.26 Å². The van der Waals surface area contributed by atoms with Gasteiger partial charge in [0.15, 0.2) is 6.19 Å². The second kappa shape index (κ2) is 7.27. The predicted molar refractivity (Wildman–Crippen MR) is 87.1 cm³/mol. The van der Waals surface area contributed by atoms with E-state index in [9.17, 15) is 9.59 Å². The normalized spacial score (nSPS) is 11.5. The number of hydrogen-bond acceptors (Lipinski definition) is 3. The summed E-state index contributed by atoms with van der Waals surface area (Å²) in [6, 6.07) is 6.89. The van der Waals surface area contributed by atoms with Gasteiger partial charge >= 0.3 is 0 Å². The van der Waals surface area contributed by atoms with Crippen LogP contribution < -0.4 is 5.32 Å². The topological polar surface area (TPSA) is 89.0 Å². The van der Waals surface area contributed by atoms with Crippen molar-refractivity contribution in [2.24, 2.45) is 0 Å². The maximum Gasteiger partial charge on any atom is 0.258 e. The molecule has 1 atom stereocenters. The lowest BCUT2D eigenvalue weighted by Gasteiger charge is -2.21. The van der Waals surface area contributed by atoms with E-state index in [0.29, 0.717) is 6.42 Å². The molecule has 1 heterocycles. The first-order chi connectivity index (χ1) is 11.1. The number of likely N-dealkylation sites (N-methyl/N-ethyl adjacent to an activating group) is 1. The SMILES string of the molecule is C=CC(=O)NC(Cc1c[nH]c2ccccc12)C(=O)N(C#N)CC. The number of nitrogens with one attached hydrogen (secondary N) is 2. The molecule has 0 aliphatic heterocycles. The Kier molecular flexibility index (Phi) is 5.15. The second-order valence-electron chi connectivity index (χ2n) is 5.01. The van der Waals surface area contributed by atoms with Crippen LogP contribution in [0.15, 0.2) is 43.1 Å². The molecule has 1 unspecified atom stereocenters. The third-order valence-corrected chi connectivity index (χ3v) is 3.60. The van der Waals surface area contributed by atoms with Crippen molar-refractivity contribution in [3.8, 4) is 6.19 Å². The molecule has 0 aliphatic rings. The van der Waals surface area contributed by atoms with Crippen molar-refractivity contribution in [3.63, 3.8) is 0 Å². The van der Waals surface area contributed by atoms with Crippen LogP contribution in [-0.4, -0.2) is 34.3 Å². The van der Waals surface area contributed by atoms with E-state index < -0.39 is 17.9 Å². The minimum Gasteiger partial charge on any atom is -0.361 e. The van der Waals surface area contributed by atoms with Crippen molar-refractivity contribution in [3.05, 3.63) is 48.7 Å². The van der Waals surface area contributed by atoms with Crippen LogP contribution in [-0.2, 0) is 16.0 Å². The molecule has 0 radical (unpaired) electrons. The van der Waals surface area contributed by atoms with Crippen LogP contribution in [0.25, 0.3) is 10.9 Å². The predicted octanol–water partition coefficient (Wildman–Crippen LogP) is 1.71. The molecule has 1 aromatic heterocycles. The fraction of sp³-hybridized carbons (Fsp3) is 0.235. The third-order valence-electron chi connectivity index (χ3n) is 3.60. The number of benzene rings is 1. The van der Waals surface area contributed by atoms with Gasteiger partial charge in [-0.05, 0) is 24.6 Å². The lowest BCUT2D eigenvalue weighted by atomic mass is 10.0. The Morgan fingerprint density at radius 2 is 2.22 bits per heavy atom. The molecule has 2 aromatic rings. The zero-order valence-corrected chi connectivity index (χ0v) is 12.9. The van der Waals surface area contributed by atoms with Gasteiger partial charge in [0.05, 0.1) is 0 Å². The summed E-state index contributed by atoms with van der Waals surface area (Å²) in [5.74, 6) is -0.882. The van der Waals surface area contributed by atoms with Gasteiger partial charge in [-0.1, -0.05) is 24.8 Å². The number of nitrogens with zero attached hydrogens (tertiary/aromatic N) is 2. The van der Waals surface area contributed by atoms with Crippen LogP contribution in [0.4, 0.5) is 0 Å². The first-order valence-corrected chi connectivity index (χ1v) is 7.29. The highest BCUT2D eigenvalue weighted by molar-refractivity contribution is 5.93. The minimum atomic E-state index is -0.820. The number of rotatable bonds is 6. The first kappa shape index (κ1) is 16.3. The standard InChI is InChI=1S/C17H18N4O2/c1-3-16(22)20-15(17(23)21(4-2)11-18)9-12-10-19-14-8-6-5-7-13(12)14/h3,5-8,10,15,19H,1,4,9H2,2H3,(H,20,22). The third kappa shape index (κ3) is 3.58. The molecular formula is C17H18N4O2. The Morgan fingerprint density at radius 3 is 2.87 bits per heavy atom. The van der Waals surface area contributed by atoms with Crippen LogP contribution in [0.3, 0.4) is 0 Å². The fourth-order valence-electron chi connectivity index (χ4n) is 2.42. The van der Waals surface area contributed by atoms with Gasteiger partial charge in [0.2, 0.25) is 5.91 Å². The van der Waals surface area contributed by atoms with Crippen LogP contribution in [0, 0.1) is 11.5 Å². The average molecular weight is 310 g/mol. The van der Waals surface area contributed by atoms with Gasteiger partial charge in [0, 0.05) is 30.1 Å². The molecular weight excluding hydrogens is 292 g/mol. The van der Waals surface area contributed by atoms with Gasteiger partial charge in [-0.3, -0.25) is 9.59 Å². The monoisotopic (exact) mass is 310 g/mol. The van der Waals surface area contributed by atoms with Crippen LogP contribution >= 0.6 is 0 Å². The number of nitriles is 1. The number of hydrogen-bond donors (Lipinski definition) is 2. The van der Waals surface area contributed by atoms with Gasteiger partial charge in [-0.2, -0.15) is 5.26 Å². The smallest absolute Gasteiger partial charge is 0.258 e. The number of para-hydroxylation sites is 1. The number of aromatic nitrogens is 1. The summed E-state index contributed by atoms with van der Waals surface area (Å²) in [6.45, 7) is 5.36. The Bertz CT molecular complexity index is 772. The van der Waals surface area contributed by atoms with Gasteiger partial charge in [0.25, 0.3) is 5.91 Å². The van der Waals surface area contributed by atoms with Gasteiger partial charge in [-0.15, -0.1) is 0 Å². The number of H-pyrrole nitrogens is 1. The van der Waals surface area contributed by atoms with E-state index in [0.717, 1.165) is 27.4 Å². The molecule has 6 heteroatoms. The van der Waals surface area contributed by atoms with Gasteiger partial charge in [0.1, 0.15) is 6.04 Å². The quantitative estimate of drug-likeness (QED) is 0.483. The van der Waals surface area contributed by atoms with E-state index in [4.69, 9.17) is 5.26 Å². The van der Waals surface area contributed by atoms with E-state index >= 15 is 0 Å². The molecule has 2 amide bonds. The Morgan fingerprint density at radius 1 is 1.48 bits per heavy atom. The molecule has 0 aliphatic carbocycles. The molecule has 2 rings (SSSR count). The number of fused-ring (bicyclic) bond motifs is 1. The molecule has 118 valence electrons. The molecule has 0 saturated heterocycles. The van der Waals surface area contributed by atoms with Crippen LogP contribution in [0.2, 0.25) is 0 Å². The second-order valence-corrected chi connectivity index (χ2v) is 5.01. The van der Waals surface area contributed by atoms with Crippen LogP contribution in [0.5, 0.6) is 0 Å². The number of aromatic amines is 1. The Hall–Kier alpha value is -3.07. The lowest BCUT2D eigenvalue weighted by Crippen LogP contribution is -2.47. The zero-order chi connectivity index (χ0) is 16.8. The average Bonchev–Trinajstić information content (AvgIpc) is 2.98. The van der Waals surface area contributed by atoms with Crippen molar-refractivity contribution >= 4 is 22.7 Å². The molecule has 0 bridgehead atoms. The van der Waals surface area contributed by atoms with Crippen LogP contribution in [0.1, 0.15) is 12.5 Å². The molecule has 23 heavy (non-hydrogen) atoms. The van der Waals surface area contributed by atoms with E-state index in [1.165, 1.54) is 0 Å². The largest absolute Gasteiger partial charge is 0.361 e. The van der Waals surface area contributed by atoms with E-state index in [2.05, 4.69) is 16.9 Å². The van der Waals surface area contributed by atoms with E-state index in [1.807, 2.05) is 36.7 Å². The fourth-order valence-corrected chi connectivity index (χ4v) is 2.42. The lowest BCUT2D eigenvalue weighted by molar-refractivity contribution is -0.132. The molecule has 0 fully saturated rings. The highest BCUT2D eigenvalue weighted by atomic mass is 16.2. The molecule has 2 N–H and O–H groups in total.